The second-order valence-corrected chi connectivity index (χ2v) is 4.72. The maximum Gasteiger partial charge on any atom is 0.224 e. The Hall–Kier alpha value is -1.34. The molecule has 1 aromatic rings. The van der Waals surface area contributed by atoms with Crippen LogP contribution in [0.15, 0.2) is 6.07 Å². The van der Waals surface area contributed by atoms with E-state index in [4.69, 9.17) is 16.9 Å². The summed E-state index contributed by atoms with van der Waals surface area (Å²) < 4.78 is 0. The molecular weight excluding hydrogens is 236 g/mol. The van der Waals surface area contributed by atoms with Gasteiger partial charge < -0.3 is 4.90 Å². The van der Waals surface area contributed by atoms with Crippen LogP contribution in [-0.4, -0.2) is 23.1 Å². The highest BCUT2D eigenvalue weighted by atomic mass is 35.5. The summed E-state index contributed by atoms with van der Waals surface area (Å²) in [7, 11) is 0. The zero-order chi connectivity index (χ0) is 12.8. The molecule has 0 fully saturated rings. The molecule has 4 nitrogen and oxygen atoms in total. The standard InChI is InChI=1S/C12H17ClN4/c1-9(2)8-17(6-4-5-14)11-7-10(3)15-12(13)16-11/h7,9H,4,6,8H2,1-3H3. The van der Waals surface area contributed by atoms with Gasteiger partial charge in [-0.1, -0.05) is 13.8 Å². The van der Waals surface area contributed by atoms with Crippen molar-refractivity contribution in [2.45, 2.75) is 27.2 Å². The minimum Gasteiger partial charge on any atom is -0.355 e. The summed E-state index contributed by atoms with van der Waals surface area (Å²) in [5, 5.41) is 8.93. The smallest absolute Gasteiger partial charge is 0.224 e. The fourth-order valence-corrected chi connectivity index (χ4v) is 1.82. The van der Waals surface area contributed by atoms with Gasteiger partial charge in [0.2, 0.25) is 5.28 Å². The Labute approximate surface area is 107 Å². The van der Waals surface area contributed by atoms with Crippen molar-refractivity contribution in [1.82, 2.24) is 9.97 Å². The molecular formula is C12H17ClN4. The first-order chi connectivity index (χ1) is 8.02. The Morgan fingerprint density at radius 1 is 1.47 bits per heavy atom. The van der Waals surface area contributed by atoms with Gasteiger partial charge in [-0.25, -0.2) is 9.97 Å². The molecule has 0 bridgehead atoms. The molecule has 0 radical (unpaired) electrons. The summed E-state index contributed by atoms with van der Waals surface area (Å²) in [5.41, 5.74) is 0.839. The van der Waals surface area contributed by atoms with Crippen LogP contribution in [0, 0.1) is 24.2 Å². The number of halogens is 1. The minimum absolute atomic E-state index is 0.255. The highest BCUT2D eigenvalue weighted by Crippen LogP contribution is 2.16. The van der Waals surface area contributed by atoms with Crippen molar-refractivity contribution in [3.05, 3.63) is 17.0 Å². The zero-order valence-corrected chi connectivity index (χ0v) is 11.2. The van der Waals surface area contributed by atoms with Gasteiger partial charge >= 0.3 is 0 Å². The topological polar surface area (TPSA) is 52.8 Å². The van der Waals surface area contributed by atoms with Gasteiger partial charge in [-0.05, 0) is 24.4 Å². The van der Waals surface area contributed by atoms with Crippen LogP contribution in [0.25, 0.3) is 0 Å². The minimum atomic E-state index is 0.255. The summed E-state index contributed by atoms with van der Waals surface area (Å²) in [6, 6.07) is 4.05. The van der Waals surface area contributed by atoms with Gasteiger partial charge in [-0.15, -0.1) is 0 Å². The Morgan fingerprint density at radius 3 is 2.71 bits per heavy atom. The molecule has 0 saturated carbocycles. The SMILES string of the molecule is Cc1cc(N(CCC#N)CC(C)C)nc(Cl)n1. The molecule has 0 unspecified atom stereocenters. The maximum atomic E-state index is 8.67. The van der Waals surface area contributed by atoms with Crippen LogP contribution in [0.4, 0.5) is 5.82 Å². The molecule has 0 aliphatic carbocycles. The molecule has 1 heterocycles. The van der Waals surface area contributed by atoms with Crippen molar-refractivity contribution in [2.75, 3.05) is 18.0 Å². The van der Waals surface area contributed by atoms with Crippen LogP contribution in [0.3, 0.4) is 0 Å². The second kappa shape index (κ2) is 6.41. The number of anilines is 1. The zero-order valence-electron chi connectivity index (χ0n) is 10.4. The van der Waals surface area contributed by atoms with E-state index in [-0.39, 0.29) is 5.28 Å². The number of hydrogen-bond donors (Lipinski definition) is 0. The molecule has 17 heavy (non-hydrogen) atoms. The third-order valence-electron chi connectivity index (χ3n) is 2.22. The van der Waals surface area contributed by atoms with Crippen molar-refractivity contribution in [3.63, 3.8) is 0 Å². The van der Waals surface area contributed by atoms with Crippen molar-refractivity contribution >= 4 is 17.4 Å². The lowest BCUT2D eigenvalue weighted by molar-refractivity contribution is 0.607. The van der Waals surface area contributed by atoms with Crippen molar-refractivity contribution in [1.29, 1.82) is 5.26 Å². The number of aromatic nitrogens is 2. The first kappa shape index (κ1) is 13.7. The average molecular weight is 253 g/mol. The van der Waals surface area contributed by atoms with E-state index in [0.717, 1.165) is 18.1 Å². The number of nitriles is 1. The van der Waals surface area contributed by atoms with E-state index in [1.165, 1.54) is 0 Å². The van der Waals surface area contributed by atoms with Crippen LogP contribution < -0.4 is 4.90 Å². The molecule has 0 aliphatic heterocycles. The molecule has 0 saturated heterocycles. The van der Waals surface area contributed by atoms with Crippen LogP contribution in [-0.2, 0) is 0 Å². The van der Waals surface area contributed by atoms with Gasteiger partial charge in [0.15, 0.2) is 0 Å². The largest absolute Gasteiger partial charge is 0.355 e. The number of nitrogens with zero attached hydrogens (tertiary/aromatic N) is 4. The Kier molecular flexibility index (Phi) is 5.17. The van der Waals surface area contributed by atoms with Crippen molar-refractivity contribution in [2.24, 2.45) is 5.92 Å². The summed E-state index contributed by atoms with van der Waals surface area (Å²) in [6.45, 7) is 7.68. The number of rotatable bonds is 5. The van der Waals surface area contributed by atoms with Gasteiger partial charge in [0.05, 0.1) is 12.5 Å². The predicted octanol–water partition coefficient (Wildman–Crippen LogP) is 2.81. The van der Waals surface area contributed by atoms with Gasteiger partial charge in [0, 0.05) is 24.8 Å². The predicted molar refractivity (Wildman–Crippen MR) is 69.1 cm³/mol. The van der Waals surface area contributed by atoms with Crippen LogP contribution in [0.2, 0.25) is 5.28 Å². The van der Waals surface area contributed by atoms with Crippen LogP contribution in [0.5, 0.6) is 0 Å². The quantitative estimate of drug-likeness (QED) is 0.756. The van der Waals surface area contributed by atoms with Crippen molar-refractivity contribution in [3.8, 4) is 6.07 Å². The van der Waals surface area contributed by atoms with Crippen LogP contribution >= 0.6 is 11.6 Å². The van der Waals surface area contributed by atoms with Crippen molar-refractivity contribution < 1.29 is 0 Å². The van der Waals surface area contributed by atoms with Crippen LogP contribution in [0.1, 0.15) is 26.0 Å². The maximum absolute atomic E-state index is 8.67. The van der Waals surface area contributed by atoms with E-state index in [9.17, 15) is 0 Å². The Balaban J connectivity index is 2.91. The average Bonchev–Trinajstić information content (AvgIpc) is 2.22. The summed E-state index contributed by atoms with van der Waals surface area (Å²) in [5.74, 6) is 1.30. The summed E-state index contributed by atoms with van der Waals surface area (Å²) in [4.78, 5) is 10.3. The molecule has 0 aromatic carbocycles. The molecule has 0 atom stereocenters. The molecule has 5 heteroatoms. The first-order valence-corrected chi connectivity index (χ1v) is 6.03. The highest BCUT2D eigenvalue weighted by Gasteiger charge is 2.11. The van der Waals surface area contributed by atoms with E-state index in [1.807, 2.05) is 13.0 Å². The second-order valence-electron chi connectivity index (χ2n) is 4.38. The van der Waals surface area contributed by atoms with Gasteiger partial charge in [-0.2, -0.15) is 5.26 Å². The number of aryl methyl sites for hydroxylation is 1. The fourth-order valence-electron chi connectivity index (χ4n) is 1.60. The molecule has 92 valence electrons. The molecule has 1 aromatic heterocycles. The summed E-state index contributed by atoms with van der Waals surface area (Å²) >= 11 is 5.85. The lowest BCUT2D eigenvalue weighted by Crippen LogP contribution is -2.29. The van der Waals surface area contributed by atoms with Gasteiger partial charge in [0.25, 0.3) is 0 Å². The molecule has 0 spiro atoms. The third kappa shape index (κ3) is 4.58. The normalized spacial score (nSPS) is 10.4. The molecule has 1 rings (SSSR count). The van der Waals surface area contributed by atoms with Gasteiger partial charge in [-0.3, -0.25) is 0 Å². The Bertz CT molecular complexity index is 391. The van der Waals surface area contributed by atoms with E-state index in [1.54, 1.807) is 0 Å². The van der Waals surface area contributed by atoms with E-state index < -0.39 is 0 Å². The summed E-state index contributed by atoms with van der Waals surface area (Å²) in [6.07, 6.45) is 0.480. The highest BCUT2D eigenvalue weighted by molar-refractivity contribution is 6.28. The first-order valence-electron chi connectivity index (χ1n) is 5.66. The third-order valence-corrected chi connectivity index (χ3v) is 2.39. The molecule has 0 aliphatic rings. The fraction of sp³-hybridized carbons (Fsp3) is 0.583. The van der Waals surface area contributed by atoms with E-state index in [0.29, 0.717) is 18.9 Å². The monoisotopic (exact) mass is 252 g/mol. The van der Waals surface area contributed by atoms with Gasteiger partial charge in [0.1, 0.15) is 5.82 Å². The van der Waals surface area contributed by atoms with E-state index >= 15 is 0 Å². The number of hydrogen-bond acceptors (Lipinski definition) is 4. The lowest BCUT2D eigenvalue weighted by Gasteiger charge is -2.24. The lowest BCUT2D eigenvalue weighted by atomic mass is 10.2. The molecule has 0 amide bonds. The van der Waals surface area contributed by atoms with E-state index in [2.05, 4.69) is 34.8 Å². The Morgan fingerprint density at radius 2 is 2.18 bits per heavy atom. The molecule has 0 N–H and O–H groups in total.